The lowest BCUT2D eigenvalue weighted by atomic mass is 9.93. The van der Waals surface area contributed by atoms with Gasteiger partial charge in [-0.15, -0.1) is 11.3 Å². The van der Waals surface area contributed by atoms with Crippen molar-refractivity contribution in [3.05, 3.63) is 11.4 Å². The zero-order chi connectivity index (χ0) is 14.1. The molecule has 1 fully saturated rings. The number of hydrogen-bond acceptors (Lipinski definition) is 5. The van der Waals surface area contributed by atoms with Gasteiger partial charge in [0, 0.05) is 13.1 Å². The molecule has 0 aliphatic heterocycles. The summed E-state index contributed by atoms with van der Waals surface area (Å²) in [5, 5.41) is 9.94. The maximum Gasteiger partial charge on any atom is 0.225 e. The molecule has 0 radical (unpaired) electrons. The number of hydrogen-bond donors (Lipinski definition) is 2. The molecule has 1 aliphatic carbocycles. The van der Waals surface area contributed by atoms with Crippen LogP contribution in [0.25, 0.3) is 10.2 Å². The summed E-state index contributed by atoms with van der Waals surface area (Å²) in [4.78, 5) is 10.2. The first-order valence-electron chi connectivity index (χ1n) is 7.42. The van der Waals surface area contributed by atoms with E-state index in [9.17, 15) is 0 Å². The standard InChI is InChI=1S/C15H22N4S/c1-4-10-5-6-12(9(10)2)17-13-11-7-8-20-14(11)19-15(16-3)18-13/h7-10,12H,4-6H2,1-3H3,(H2,16,17,18,19). The van der Waals surface area contributed by atoms with Crippen molar-refractivity contribution in [1.82, 2.24) is 9.97 Å². The summed E-state index contributed by atoms with van der Waals surface area (Å²) < 4.78 is 0. The highest BCUT2D eigenvalue weighted by molar-refractivity contribution is 7.16. The molecule has 3 rings (SSSR count). The third kappa shape index (κ3) is 2.35. The summed E-state index contributed by atoms with van der Waals surface area (Å²) in [6, 6.07) is 2.64. The quantitative estimate of drug-likeness (QED) is 0.894. The van der Waals surface area contributed by atoms with Crippen LogP contribution in [0.15, 0.2) is 11.4 Å². The van der Waals surface area contributed by atoms with E-state index in [1.54, 1.807) is 11.3 Å². The van der Waals surface area contributed by atoms with Crippen LogP contribution in [0.2, 0.25) is 0 Å². The average molecular weight is 290 g/mol. The van der Waals surface area contributed by atoms with Gasteiger partial charge < -0.3 is 10.6 Å². The molecule has 0 aromatic carbocycles. The molecule has 2 aromatic heterocycles. The lowest BCUT2D eigenvalue weighted by Crippen LogP contribution is -2.25. The average Bonchev–Trinajstić information content (AvgIpc) is 3.06. The fraction of sp³-hybridized carbons (Fsp3) is 0.600. The molecule has 4 nitrogen and oxygen atoms in total. The SMILES string of the molecule is CCC1CCC(Nc2nc(NC)nc3sccc23)C1C. The van der Waals surface area contributed by atoms with Gasteiger partial charge >= 0.3 is 0 Å². The third-order valence-corrected chi connectivity index (χ3v) is 5.43. The predicted octanol–water partition coefficient (Wildman–Crippen LogP) is 3.97. The number of anilines is 2. The van der Waals surface area contributed by atoms with Crippen LogP contribution in [0.5, 0.6) is 0 Å². The normalized spacial score (nSPS) is 26.1. The van der Waals surface area contributed by atoms with E-state index in [1.165, 1.54) is 19.3 Å². The summed E-state index contributed by atoms with van der Waals surface area (Å²) >= 11 is 1.66. The van der Waals surface area contributed by atoms with Crippen molar-refractivity contribution in [2.75, 3.05) is 17.7 Å². The summed E-state index contributed by atoms with van der Waals surface area (Å²) in [5.74, 6) is 3.23. The molecule has 0 bridgehead atoms. The van der Waals surface area contributed by atoms with Gasteiger partial charge in [-0.1, -0.05) is 20.3 Å². The van der Waals surface area contributed by atoms with E-state index < -0.39 is 0 Å². The minimum absolute atomic E-state index is 0.530. The maximum atomic E-state index is 4.61. The Balaban J connectivity index is 1.89. The van der Waals surface area contributed by atoms with E-state index in [0.29, 0.717) is 17.9 Å². The topological polar surface area (TPSA) is 49.8 Å². The Bertz CT molecular complexity index is 595. The second-order valence-electron chi connectivity index (χ2n) is 5.64. The molecule has 2 heterocycles. The second kappa shape index (κ2) is 5.56. The Hall–Kier alpha value is -1.36. The van der Waals surface area contributed by atoms with Crippen LogP contribution < -0.4 is 10.6 Å². The highest BCUT2D eigenvalue weighted by atomic mass is 32.1. The zero-order valence-corrected chi connectivity index (χ0v) is 13.1. The molecule has 0 spiro atoms. The number of nitrogens with one attached hydrogen (secondary N) is 2. The van der Waals surface area contributed by atoms with Gasteiger partial charge in [0.05, 0.1) is 5.39 Å². The Morgan fingerprint density at radius 1 is 1.35 bits per heavy atom. The summed E-state index contributed by atoms with van der Waals surface area (Å²) in [7, 11) is 1.86. The molecular weight excluding hydrogens is 268 g/mol. The van der Waals surface area contributed by atoms with Gasteiger partial charge in [0.2, 0.25) is 5.95 Å². The Morgan fingerprint density at radius 3 is 2.90 bits per heavy atom. The van der Waals surface area contributed by atoms with Gasteiger partial charge in [-0.25, -0.2) is 4.98 Å². The Kier molecular flexibility index (Phi) is 3.78. The minimum Gasteiger partial charge on any atom is -0.366 e. The van der Waals surface area contributed by atoms with Crippen molar-refractivity contribution >= 4 is 33.3 Å². The predicted molar refractivity (Wildman–Crippen MR) is 86.6 cm³/mol. The highest BCUT2D eigenvalue weighted by Crippen LogP contribution is 2.37. The molecule has 20 heavy (non-hydrogen) atoms. The largest absolute Gasteiger partial charge is 0.366 e. The molecule has 2 N–H and O–H groups in total. The minimum atomic E-state index is 0.530. The third-order valence-electron chi connectivity index (χ3n) is 4.62. The molecule has 0 saturated heterocycles. The molecule has 3 atom stereocenters. The number of aromatic nitrogens is 2. The van der Waals surface area contributed by atoms with Crippen molar-refractivity contribution in [1.29, 1.82) is 0 Å². The molecular formula is C15H22N4S. The lowest BCUT2D eigenvalue weighted by molar-refractivity contribution is 0.391. The molecule has 3 unspecified atom stereocenters. The number of fused-ring (bicyclic) bond motifs is 1. The molecule has 2 aromatic rings. The first-order chi connectivity index (χ1) is 9.72. The van der Waals surface area contributed by atoms with Crippen LogP contribution in [0, 0.1) is 11.8 Å². The first-order valence-corrected chi connectivity index (χ1v) is 8.30. The monoisotopic (exact) mass is 290 g/mol. The number of rotatable bonds is 4. The van der Waals surface area contributed by atoms with Gasteiger partial charge in [0.25, 0.3) is 0 Å². The summed E-state index contributed by atoms with van der Waals surface area (Å²) in [6.07, 6.45) is 3.84. The van der Waals surface area contributed by atoms with E-state index in [0.717, 1.165) is 22.0 Å². The van der Waals surface area contributed by atoms with Crippen molar-refractivity contribution in [2.24, 2.45) is 11.8 Å². The van der Waals surface area contributed by atoms with E-state index in [4.69, 9.17) is 0 Å². The maximum absolute atomic E-state index is 4.61. The van der Waals surface area contributed by atoms with Gasteiger partial charge in [-0.05, 0) is 36.1 Å². The highest BCUT2D eigenvalue weighted by Gasteiger charge is 2.32. The molecule has 0 amide bonds. The smallest absolute Gasteiger partial charge is 0.225 e. The first kappa shape index (κ1) is 13.6. The van der Waals surface area contributed by atoms with E-state index in [2.05, 4.69) is 45.9 Å². The van der Waals surface area contributed by atoms with Crippen LogP contribution in [0.4, 0.5) is 11.8 Å². The number of nitrogens with zero attached hydrogens (tertiary/aromatic N) is 2. The van der Waals surface area contributed by atoms with Crippen molar-refractivity contribution in [3.8, 4) is 0 Å². The Morgan fingerprint density at radius 2 is 2.20 bits per heavy atom. The molecule has 108 valence electrons. The van der Waals surface area contributed by atoms with Gasteiger partial charge in [-0.2, -0.15) is 4.98 Å². The number of thiophene rings is 1. The Labute approximate surface area is 124 Å². The molecule has 1 aliphatic rings. The zero-order valence-electron chi connectivity index (χ0n) is 12.3. The summed E-state index contributed by atoms with van der Waals surface area (Å²) in [5.41, 5.74) is 0. The van der Waals surface area contributed by atoms with Crippen LogP contribution in [0.3, 0.4) is 0 Å². The van der Waals surface area contributed by atoms with Gasteiger partial charge in [0.15, 0.2) is 0 Å². The fourth-order valence-electron chi connectivity index (χ4n) is 3.28. The molecule has 1 saturated carbocycles. The van der Waals surface area contributed by atoms with E-state index >= 15 is 0 Å². The van der Waals surface area contributed by atoms with Crippen molar-refractivity contribution in [2.45, 2.75) is 39.2 Å². The van der Waals surface area contributed by atoms with Gasteiger partial charge in [0.1, 0.15) is 10.6 Å². The van der Waals surface area contributed by atoms with Crippen LogP contribution >= 0.6 is 11.3 Å². The van der Waals surface area contributed by atoms with Crippen molar-refractivity contribution < 1.29 is 0 Å². The lowest BCUT2D eigenvalue weighted by Gasteiger charge is -2.22. The van der Waals surface area contributed by atoms with Crippen molar-refractivity contribution in [3.63, 3.8) is 0 Å². The van der Waals surface area contributed by atoms with Crippen LogP contribution in [-0.2, 0) is 0 Å². The summed E-state index contributed by atoms with van der Waals surface area (Å²) in [6.45, 7) is 4.66. The van der Waals surface area contributed by atoms with Crippen LogP contribution in [-0.4, -0.2) is 23.1 Å². The fourth-order valence-corrected chi connectivity index (χ4v) is 4.04. The molecule has 5 heteroatoms. The van der Waals surface area contributed by atoms with E-state index in [1.807, 2.05) is 7.05 Å². The van der Waals surface area contributed by atoms with Crippen LogP contribution in [0.1, 0.15) is 33.1 Å². The van der Waals surface area contributed by atoms with Gasteiger partial charge in [-0.3, -0.25) is 0 Å². The van der Waals surface area contributed by atoms with E-state index in [-0.39, 0.29) is 0 Å². The second-order valence-corrected chi connectivity index (χ2v) is 6.54.